The van der Waals surface area contributed by atoms with Crippen molar-refractivity contribution in [3.05, 3.63) is 22.7 Å². The number of nitriles is 1. The van der Waals surface area contributed by atoms with Crippen molar-refractivity contribution >= 4 is 15.9 Å². The molecule has 0 aliphatic heterocycles. The third kappa shape index (κ3) is 5.95. The maximum atomic E-state index is 8.56. The molecule has 0 amide bonds. The molecule has 1 rings (SSSR count). The molecule has 0 bridgehead atoms. The van der Waals surface area contributed by atoms with Crippen LogP contribution in [0.3, 0.4) is 0 Å². The molecule has 3 heteroatoms. The van der Waals surface area contributed by atoms with Crippen LogP contribution in [0.1, 0.15) is 32.1 Å². The lowest BCUT2D eigenvalue weighted by atomic mass is 9.94. The zero-order valence-electron chi connectivity index (χ0n) is 8.59. The van der Waals surface area contributed by atoms with Crippen molar-refractivity contribution in [2.24, 2.45) is 0 Å². The maximum absolute atomic E-state index is 8.56. The fourth-order valence-corrected chi connectivity index (χ4v) is 1.40. The van der Waals surface area contributed by atoms with E-state index in [1.165, 1.54) is 6.42 Å². The molecule has 1 aliphatic carbocycles. The molecule has 2 nitrogen and oxygen atoms in total. The predicted molar refractivity (Wildman–Crippen MR) is 65.0 cm³/mol. The molecular formula is C12H13BrN2. The van der Waals surface area contributed by atoms with E-state index in [-0.39, 0.29) is 0 Å². The van der Waals surface area contributed by atoms with Gasteiger partial charge < -0.3 is 0 Å². The fourth-order valence-electron chi connectivity index (χ4n) is 1.40. The lowest BCUT2D eigenvalue weighted by molar-refractivity contribution is 0.597. The number of rotatable bonds is 0. The molecule has 0 aromatic heterocycles. The summed E-state index contributed by atoms with van der Waals surface area (Å²) in [5.41, 5.74) is 1.42. The summed E-state index contributed by atoms with van der Waals surface area (Å²) in [7, 11) is 0. The van der Waals surface area contributed by atoms with Gasteiger partial charge in [0, 0.05) is 0 Å². The van der Waals surface area contributed by atoms with Gasteiger partial charge in [0.1, 0.15) is 0 Å². The maximum Gasteiger partial charge on any atom is 0.261 e. The minimum absolute atomic E-state index is 0.338. The third-order valence-electron chi connectivity index (χ3n) is 2.09. The van der Waals surface area contributed by atoms with Crippen LogP contribution in [-0.2, 0) is 0 Å². The fraction of sp³-hybridized carbons (Fsp3) is 0.500. The summed E-state index contributed by atoms with van der Waals surface area (Å²) in [4.78, 5) is 3.20. The minimum Gasteiger partial charge on any atom is -0.227 e. The average molecular weight is 265 g/mol. The Morgan fingerprint density at radius 2 is 2.00 bits per heavy atom. The van der Waals surface area contributed by atoms with Crippen LogP contribution >= 0.6 is 15.9 Å². The minimum atomic E-state index is 0.338. The number of nitrogens with zero attached hydrogens (tertiary/aromatic N) is 2. The number of alkyl halides is 1. The van der Waals surface area contributed by atoms with Crippen molar-refractivity contribution in [3.8, 4) is 18.4 Å². The molecule has 1 fully saturated rings. The first-order valence-corrected chi connectivity index (χ1v) is 5.91. The van der Waals surface area contributed by atoms with Gasteiger partial charge in [-0.25, -0.2) is 10.1 Å². The van der Waals surface area contributed by atoms with Crippen LogP contribution in [0.15, 0.2) is 11.3 Å². The summed E-state index contributed by atoms with van der Waals surface area (Å²) in [5, 5.41) is 9.22. The van der Waals surface area contributed by atoms with Gasteiger partial charge in [-0.2, -0.15) is 0 Å². The molecule has 0 radical (unpaired) electrons. The van der Waals surface area contributed by atoms with Crippen LogP contribution in [0.5, 0.6) is 0 Å². The monoisotopic (exact) mass is 264 g/mol. The molecule has 15 heavy (non-hydrogen) atoms. The number of allylic oxidation sites excluding steroid dienone is 2. The number of hydrogen-bond acceptors (Lipinski definition) is 1. The Morgan fingerprint density at radius 3 is 2.33 bits per heavy atom. The van der Waals surface area contributed by atoms with Gasteiger partial charge in [-0.1, -0.05) is 46.7 Å². The molecule has 78 valence electrons. The van der Waals surface area contributed by atoms with E-state index in [2.05, 4.69) is 26.7 Å². The van der Waals surface area contributed by atoms with Crippen LogP contribution in [0.25, 0.3) is 4.85 Å². The van der Waals surface area contributed by atoms with Crippen LogP contribution < -0.4 is 0 Å². The van der Waals surface area contributed by atoms with Crippen LogP contribution in [0.2, 0.25) is 0 Å². The molecule has 1 aliphatic rings. The van der Waals surface area contributed by atoms with Gasteiger partial charge in [0.15, 0.2) is 0 Å². The molecule has 0 N–H and O–H groups in total. The van der Waals surface area contributed by atoms with Gasteiger partial charge in [-0.3, -0.25) is 0 Å². The first-order valence-electron chi connectivity index (χ1n) is 4.79. The van der Waals surface area contributed by atoms with Crippen LogP contribution in [0, 0.1) is 30.2 Å². The van der Waals surface area contributed by atoms with Crippen molar-refractivity contribution in [1.29, 1.82) is 5.26 Å². The molecule has 0 unspecified atom stereocenters. The van der Waals surface area contributed by atoms with E-state index >= 15 is 0 Å². The van der Waals surface area contributed by atoms with E-state index in [0.29, 0.717) is 11.0 Å². The summed E-state index contributed by atoms with van der Waals surface area (Å²) in [5.74, 6) is 2.35. The van der Waals surface area contributed by atoms with E-state index in [0.717, 1.165) is 31.3 Å². The summed E-state index contributed by atoms with van der Waals surface area (Å²) < 4.78 is 0. The third-order valence-corrected chi connectivity index (χ3v) is 2.41. The zero-order chi connectivity index (χ0) is 11.5. The Kier molecular flexibility index (Phi) is 8.55. The predicted octanol–water partition coefficient (Wildman–Crippen LogP) is 3.66. The topological polar surface area (TPSA) is 28.1 Å². The summed E-state index contributed by atoms with van der Waals surface area (Å²) in [6.45, 7) is 6.74. The highest BCUT2D eigenvalue weighted by Crippen LogP contribution is 2.25. The normalized spacial score (nSPS) is 13.6. The van der Waals surface area contributed by atoms with E-state index in [1.807, 2.05) is 6.07 Å². The molecule has 1 saturated carbocycles. The molecule has 0 saturated heterocycles. The molecule has 0 heterocycles. The van der Waals surface area contributed by atoms with Gasteiger partial charge >= 0.3 is 0 Å². The van der Waals surface area contributed by atoms with E-state index in [1.54, 1.807) is 0 Å². The smallest absolute Gasteiger partial charge is 0.227 e. The Hall–Kier alpha value is -1.24. The zero-order valence-corrected chi connectivity index (χ0v) is 10.2. The first-order chi connectivity index (χ1) is 7.29. The second kappa shape index (κ2) is 9.32. The summed E-state index contributed by atoms with van der Waals surface area (Å²) in [6, 6.07) is 1.95. The molecular weight excluding hydrogens is 252 g/mol. The standard InChI is InChI=1S/C9H10N2.C3H3Br/c1-11-9(7-10)8-5-3-2-4-6-8;1-2-3-4/h2-6H2;1H,3H2. The Bertz CT molecular complexity index is 312. The van der Waals surface area contributed by atoms with Gasteiger partial charge in [-0.15, -0.1) is 6.42 Å². The number of terminal acetylenes is 1. The average Bonchev–Trinajstić information content (AvgIpc) is 2.32. The second-order valence-electron chi connectivity index (χ2n) is 3.07. The highest BCUT2D eigenvalue weighted by atomic mass is 79.9. The first kappa shape index (κ1) is 13.8. The van der Waals surface area contributed by atoms with Crippen LogP contribution in [-0.4, -0.2) is 5.33 Å². The Balaban J connectivity index is 0.000000423. The van der Waals surface area contributed by atoms with E-state index in [4.69, 9.17) is 18.3 Å². The van der Waals surface area contributed by atoms with E-state index < -0.39 is 0 Å². The lowest BCUT2D eigenvalue weighted by Crippen LogP contribution is -1.95. The van der Waals surface area contributed by atoms with Gasteiger partial charge in [0.05, 0.1) is 18.0 Å². The highest BCUT2D eigenvalue weighted by molar-refractivity contribution is 9.09. The number of hydrogen-bond donors (Lipinski definition) is 0. The Morgan fingerprint density at radius 1 is 1.47 bits per heavy atom. The number of halogens is 1. The molecule has 0 aromatic rings. The Labute approximate surface area is 99.9 Å². The largest absolute Gasteiger partial charge is 0.261 e. The van der Waals surface area contributed by atoms with Crippen molar-refractivity contribution in [2.75, 3.05) is 5.33 Å². The van der Waals surface area contributed by atoms with Gasteiger partial charge in [-0.05, 0) is 12.8 Å². The van der Waals surface area contributed by atoms with Crippen molar-refractivity contribution in [2.45, 2.75) is 32.1 Å². The molecule has 0 atom stereocenters. The second-order valence-corrected chi connectivity index (χ2v) is 3.63. The summed E-state index contributed by atoms with van der Waals surface area (Å²) in [6.07, 6.45) is 10.2. The highest BCUT2D eigenvalue weighted by Gasteiger charge is 2.10. The SMILES string of the molecule is C#CCBr.[C-]#[N+]C(C#N)=C1CCCCC1. The molecule has 0 aromatic carbocycles. The molecule has 0 spiro atoms. The van der Waals surface area contributed by atoms with Crippen molar-refractivity contribution < 1.29 is 0 Å². The summed E-state index contributed by atoms with van der Waals surface area (Å²) >= 11 is 3.01. The quantitative estimate of drug-likeness (QED) is 0.284. The van der Waals surface area contributed by atoms with Crippen molar-refractivity contribution in [3.63, 3.8) is 0 Å². The lowest BCUT2D eigenvalue weighted by Gasteiger charge is -2.12. The van der Waals surface area contributed by atoms with Crippen LogP contribution in [0.4, 0.5) is 0 Å². The van der Waals surface area contributed by atoms with Gasteiger partial charge in [0.2, 0.25) is 0 Å². The van der Waals surface area contributed by atoms with Gasteiger partial charge in [0.25, 0.3) is 5.70 Å². The van der Waals surface area contributed by atoms with Crippen molar-refractivity contribution in [1.82, 2.24) is 0 Å². The van der Waals surface area contributed by atoms with E-state index in [9.17, 15) is 0 Å².